The summed E-state index contributed by atoms with van der Waals surface area (Å²) in [7, 11) is 0. The van der Waals surface area contributed by atoms with Crippen molar-refractivity contribution in [1.29, 1.82) is 0 Å². The lowest BCUT2D eigenvalue weighted by molar-refractivity contribution is -0.151. The van der Waals surface area contributed by atoms with Gasteiger partial charge in [0, 0.05) is 25.6 Å². The van der Waals surface area contributed by atoms with Gasteiger partial charge in [-0.25, -0.2) is 0 Å². The molecule has 2 heterocycles. The molecule has 2 N–H and O–H groups in total. The topological polar surface area (TPSA) is 79.2 Å². The molecule has 2 atom stereocenters. The molecule has 142 valence electrons. The van der Waals surface area contributed by atoms with E-state index in [4.69, 9.17) is 14.6 Å². The van der Waals surface area contributed by atoms with Crippen LogP contribution in [0.1, 0.15) is 17.0 Å². The van der Waals surface area contributed by atoms with Gasteiger partial charge in [0.05, 0.1) is 6.61 Å². The third-order valence-electron chi connectivity index (χ3n) is 5.51. The van der Waals surface area contributed by atoms with Gasteiger partial charge in [-0.15, -0.1) is 0 Å². The van der Waals surface area contributed by atoms with Gasteiger partial charge in [0.2, 0.25) is 0 Å². The maximum Gasteiger partial charge on any atom is 0.315 e. The highest BCUT2D eigenvalue weighted by atomic mass is 16.5. The van der Waals surface area contributed by atoms with Crippen LogP contribution in [0.5, 0.6) is 11.5 Å². The van der Waals surface area contributed by atoms with Crippen molar-refractivity contribution in [1.82, 2.24) is 4.90 Å². The lowest BCUT2D eigenvalue weighted by Gasteiger charge is -2.35. The number of carboxylic acids is 1. The number of fused-ring (bicyclic) bond motifs is 3. The number of para-hydroxylation sites is 1. The van der Waals surface area contributed by atoms with Gasteiger partial charge in [0.15, 0.2) is 0 Å². The van der Waals surface area contributed by atoms with E-state index in [1.807, 2.05) is 48.5 Å². The number of nitrogens with zero attached hydrogens (tertiary/aromatic N) is 1. The van der Waals surface area contributed by atoms with Crippen LogP contribution in [0.4, 0.5) is 0 Å². The average Bonchev–Trinajstić information content (AvgIpc) is 3.07. The second-order valence-electron chi connectivity index (χ2n) is 7.23. The first-order valence-corrected chi connectivity index (χ1v) is 9.12. The Balaban J connectivity index is 1.52. The standard InChI is InChI=1S/C21H23NO5/c23-9-10-26-16-7-5-15(6-8-16)11-22-12-18-17-3-1-2-4-19(17)27-14-21(18,13-22)20(24)25/h1-8,18,23H,9-14H2,(H,24,25)/t18-,21-/m0/s1. The van der Waals surface area contributed by atoms with Gasteiger partial charge in [-0.3, -0.25) is 9.69 Å². The number of benzene rings is 2. The molecule has 0 aliphatic carbocycles. The minimum atomic E-state index is -0.904. The van der Waals surface area contributed by atoms with Crippen molar-refractivity contribution < 1.29 is 24.5 Å². The Bertz CT molecular complexity index is 822. The highest BCUT2D eigenvalue weighted by Crippen LogP contribution is 2.49. The molecule has 2 aromatic carbocycles. The van der Waals surface area contributed by atoms with Gasteiger partial charge in [-0.2, -0.15) is 0 Å². The van der Waals surface area contributed by atoms with Crippen LogP contribution in [-0.2, 0) is 11.3 Å². The average molecular weight is 369 g/mol. The number of aliphatic hydroxyl groups is 1. The van der Waals surface area contributed by atoms with E-state index in [1.54, 1.807) is 0 Å². The maximum atomic E-state index is 12.2. The SMILES string of the molecule is O=C(O)[C@@]12COc3ccccc3[C@@H]1CN(Cc1ccc(OCCO)cc1)C2. The fourth-order valence-corrected chi connectivity index (χ4v) is 4.17. The number of carboxylic acid groups (broad SMARTS) is 1. The molecule has 2 aliphatic rings. The minimum Gasteiger partial charge on any atom is -0.492 e. The summed E-state index contributed by atoms with van der Waals surface area (Å²) >= 11 is 0. The van der Waals surface area contributed by atoms with Crippen LogP contribution in [0.2, 0.25) is 0 Å². The van der Waals surface area contributed by atoms with E-state index in [9.17, 15) is 9.90 Å². The van der Waals surface area contributed by atoms with E-state index < -0.39 is 11.4 Å². The molecule has 2 aromatic rings. The van der Waals surface area contributed by atoms with Crippen LogP contribution in [0, 0.1) is 5.41 Å². The summed E-state index contributed by atoms with van der Waals surface area (Å²) in [5.74, 6) is 0.642. The third-order valence-corrected chi connectivity index (χ3v) is 5.51. The Labute approximate surface area is 157 Å². The van der Waals surface area contributed by atoms with Crippen molar-refractivity contribution in [3.05, 3.63) is 59.7 Å². The lowest BCUT2D eigenvalue weighted by atomic mass is 9.73. The summed E-state index contributed by atoms with van der Waals surface area (Å²) in [5, 5.41) is 18.8. The van der Waals surface area contributed by atoms with E-state index in [-0.39, 0.29) is 25.7 Å². The molecule has 2 aliphatic heterocycles. The number of likely N-dealkylation sites (tertiary alicyclic amines) is 1. The minimum absolute atomic E-state index is 0.0161. The van der Waals surface area contributed by atoms with Crippen molar-refractivity contribution in [2.24, 2.45) is 5.41 Å². The second-order valence-corrected chi connectivity index (χ2v) is 7.23. The molecule has 0 saturated carbocycles. The quantitative estimate of drug-likeness (QED) is 0.812. The number of ether oxygens (including phenoxy) is 2. The predicted molar refractivity (Wildman–Crippen MR) is 99.0 cm³/mol. The summed E-state index contributed by atoms with van der Waals surface area (Å²) in [6.45, 7) is 2.29. The summed E-state index contributed by atoms with van der Waals surface area (Å²) in [6, 6.07) is 15.5. The summed E-state index contributed by atoms with van der Waals surface area (Å²) < 4.78 is 11.2. The first-order chi connectivity index (χ1) is 13.1. The normalized spacial score (nSPS) is 24.0. The molecule has 1 saturated heterocycles. The molecule has 6 nitrogen and oxygen atoms in total. The first kappa shape index (κ1) is 17.8. The molecule has 0 amide bonds. The molecule has 0 unspecified atom stereocenters. The van der Waals surface area contributed by atoms with Gasteiger partial charge in [0.1, 0.15) is 30.1 Å². The van der Waals surface area contributed by atoms with Gasteiger partial charge >= 0.3 is 5.97 Å². The largest absolute Gasteiger partial charge is 0.492 e. The van der Waals surface area contributed by atoms with Crippen LogP contribution in [0.25, 0.3) is 0 Å². The Morgan fingerprint density at radius 2 is 2.00 bits per heavy atom. The van der Waals surface area contributed by atoms with Crippen LogP contribution >= 0.6 is 0 Å². The molecule has 4 rings (SSSR count). The van der Waals surface area contributed by atoms with E-state index >= 15 is 0 Å². The molecule has 0 spiro atoms. The lowest BCUT2D eigenvalue weighted by Crippen LogP contribution is -2.45. The second kappa shape index (κ2) is 7.21. The summed E-state index contributed by atoms with van der Waals surface area (Å²) in [4.78, 5) is 14.4. The number of aliphatic hydroxyl groups excluding tert-OH is 1. The monoisotopic (exact) mass is 369 g/mol. The van der Waals surface area contributed by atoms with Crippen LogP contribution in [0.15, 0.2) is 48.5 Å². The van der Waals surface area contributed by atoms with Crippen molar-refractivity contribution in [2.75, 3.05) is 32.9 Å². The fraction of sp³-hybridized carbons (Fsp3) is 0.381. The summed E-state index contributed by atoms with van der Waals surface area (Å²) in [5.41, 5.74) is 1.18. The number of hydrogen-bond acceptors (Lipinski definition) is 5. The zero-order chi connectivity index (χ0) is 18.9. The third kappa shape index (κ3) is 3.26. The van der Waals surface area contributed by atoms with E-state index in [0.29, 0.717) is 25.4 Å². The number of hydrogen-bond donors (Lipinski definition) is 2. The molecular formula is C21H23NO5. The number of carbonyl (C=O) groups is 1. The zero-order valence-electron chi connectivity index (χ0n) is 15.0. The maximum absolute atomic E-state index is 12.2. The van der Waals surface area contributed by atoms with Crippen LogP contribution in [0.3, 0.4) is 0 Å². The van der Waals surface area contributed by atoms with E-state index in [1.165, 1.54) is 0 Å². The van der Waals surface area contributed by atoms with E-state index in [2.05, 4.69) is 4.90 Å². The first-order valence-electron chi connectivity index (χ1n) is 9.12. The molecular weight excluding hydrogens is 346 g/mol. The number of aliphatic carboxylic acids is 1. The van der Waals surface area contributed by atoms with Crippen LogP contribution < -0.4 is 9.47 Å². The predicted octanol–water partition coefficient (Wildman–Crippen LogP) is 2.12. The Kier molecular flexibility index (Phi) is 4.76. The molecule has 0 bridgehead atoms. The van der Waals surface area contributed by atoms with Crippen molar-refractivity contribution >= 4 is 5.97 Å². The summed E-state index contributed by atoms with van der Waals surface area (Å²) in [6.07, 6.45) is 0. The van der Waals surface area contributed by atoms with Crippen molar-refractivity contribution in [3.8, 4) is 11.5 Å². The Morgan fingerprint density at radius 1 is 1.22 bits per heavy atom. The Morgan fingerprint density at radius 3 is 2.74 bits per heavy atom. The van der Waals surface area contributed by atoms with Gasteiger partial charge < -0.3 is 19.7 Å². The molecule has 0 radical (unpaired) electrons. The van der Waals surface area contributed by atoms with E-state index in [0.717, 1.165) is 16.9 Å². The van der Waals surface area contributed by atoms with Crippen molar-refractivity contribution in [2.45, 2.75) is 12.5 Å². The van der Waals surface area contributed by atoms with Crippen LogP contribution in [-0.4, -0.2) is 54.0 Å². The smallest absolute Gasteiger partial charge is 0.315 e. The Hall–Kier alpha value is -2.57. The molecule has 27 heavy (non-hydrogen) atoms. The highest BCUT2D eigenvalue weighted by molar-refractivity contribution is 5.78. The van der Waals surface area contributed by atoms with Crippen molar-refractivity contribution in [3.63, 3.8) is 0 Å². The van der Waals surface area contributed by atoms with Gasteiger partial charge in [-0.1, -0.05) is 30.3 Å². The molecule has 0 aromatic heterocycles. The van der Waals surface area contributed by atoms with Gasteiger partial charge in [0.25, 0.3) is 0 Å². The molecule has 1 fully saturated rings. The highest BCUT2D eigenvalue weighted by Gasteiger charge is 2.56. The molecule has 6 heteroatoms. The zero-order valence-corrected chi connectivity index (χ0v) is 15.0. The number of rotatable bonds is 6. The fourth-order valence-electron chi connectivity index (χ4n) is 4.17. The van der Waals surface area contributed by atoms with Gasteiger partial charge in [-0.05, 0) is 29.3 Å².